The van der Waals surface area contributed by atoms with Gasteiger partial charge in [0.15, 0.2) is 75.8 Å². The van der Waals surface area contributed by atoms with Crippen molar-refractivity contribution in [3.8, 4) is 80.1 Å². The van der Waals surface area contributed by atoms with Crippen molar-refractivity contribution < 1.29 is 158 Å². The molecule has 1 unspecified atom stereocenters. The summed E-state index contributed by atoms with van der Waals surface area (Å²) in [4.78, 5) is 104. The smallest absolute Gasteiger partial charge is 0.346 e. The number of benzene rings is 4. The minimum Gasteiger partial charge on any atom is -0.504 e. The van der Waals surface area contributed by atoms with Gasteiger partial charge in [0.25, 0.3) is 11.6 Å². The van der Waals surface area contributed by atoms with Gasteiger partial charge < -0.3 is 124 Å². The molecule has 32 heteroatoms. The molecule has 15 N–H and O–H groups in total. The van der Waals surface area contributed by atoms with E-state index in [2.05, 4.69) is 0 Å². The first kappa shape index (κ1) is 50.5. The van der Waals surface area contributed by atoms with Crippen molar-refractivity contribution >= 4 is 41.6 Å². The topological polar surface area (TPSA) is 515 Å². The molecular weight excluding hydrogens is 1080 g/mol. The Bertz CT molecular complexity index is 3530. The van der Waals surface area contributed by atoms with Crippen LogP contribution in [0.5, 0.6) is 69.0 Å². The van der Waals surface area contributed by atoms with Crippen LogP contribution in [0, 0.1) is 5.41 Å². The molecule has 0 radical (unpaired) electrons. The van der Waals surface area contributed by atoms with Gasteiger partial charge in [0, 0.05) is 23.1 Å². The lowest BCUT2D eigenvalue weighted by atomic mass is 9.47. The highest BCUT2D eigenvalue weighted by molar-refractivity contribution is 6.09. The molecule has 4 aromatic rings. The monoisotopic (exact) mass is 1110 g/mol. The molecule has 1 saturated carbocycles. The Morgan fingerprint density at radius 3 is 1.80 bits per heavy atom. The summed E-state index contributed by atoms with van der Waals surface area (Å²) in [6.45, 7) is -2.44. The molecule has 79 heavy (non-hydrogen) atoms. The van der Waals surface area contributed by atoms with Crippen LogP contribution in [0.1, 0.15) is 59.3 Å². The number of carbonyl (C=O) groups excluding carboxylic acids is 7. The summed E-state index contributed by atoms with van der Waals surface area (Å²) >= 11 is 0. The molecule has 13 atom stereocenters. The fraction of sp³-hybridized carbons (Fsp3) is 0.340. The van der Waals surface area contributed by atoms with Gasteiger partial charge in [-0.1, -0.05) is 0 Å². The van der Waals surface area contributed by atoms with Crippen molar-refractivity contribution in [2.75, 3.05) is 13.2 Å². The number of rotatable bonds is 2. The lowest BCUT2D eigenvalue weighted by Crippen LogP contribution is -2.88. The molecule has 13 rings (SSSR count). The number of phenols is 11. The summed E-state index contributed by atoms with van der Waals surface area (Å²) in [7, 11) is 0. The van der Waals surface area contributed by atoms with E-state index in [1.807, 2.05) is 0 Å². The molecular formula is C47H34O32. The second-order valence-electron chi connectivity index (χ2n) is 19.2. The van der Waals surface area contributed by atoms with Gasteiger partial charge >= 0.3 is 35.8 Å². The zero-order valence-electron chi connectivity index (χ0n) is 38.8. The molecule has 414 valence electrons. The Morgan fingerprint density at radius 1 is 0.595 bits per heavy atom. The van der Waals surface area contributed by atoms with Crippen molar-refractivity contribution in [3.05, 3.63) is 58.1 Å². The summed E-state index contributed by atoms with van der Waals surface area (Å²) < 4.78 is 57.0. The van der Waals surface area contributed by atoms with Gasteiger partial charge in [-0.15, -0.1) is 0 Å². The van der Waals surface area contributed by atoms with Crippen molar-refractivity contribution in [1.29, 1.82) is 0 Å². The zero-order chi connectivity index (χ0) is 56.9. The number of ether oxygens (including phenoxy) is 10. The number of carbonyl (C=O) groups is 7. The van der Waals surface area contributed by atoms with Crippen molar-refractivity contribution in [2.45, 2.75) is 78.2 Å². The molecule has 5 saturated heterocycles. The highest BCUT2D eigenvalue weighted by Gasteiger charge is 2.97. The molecule has 8 aliphatic heterocycles. The second kappa shape index (κ2) is 15.9. The summed E-state index contributed by atoms with van der Waals surface area (Å²) in [5.41, 5.74) is -15.4. The number of cyclic esters (lactones) is 1. The first-order valence-corrected chi connectivity index (χ1v) is 22.8. The van der Waals surface area contributed by atoms with Gasteiger partial charge in [0.2, 0.25) is 41.0 Å². The Labute approximate surface area is 433 Å². The summed E-state index contributed by atoms with van der Waals surface area (Å²) in [6.07, 6.45) is -19.5. The SMILES string of the molecule is O=C(O[C@@H]1C2OC(=O)[C@]34CC(=O)[C@@](O)(O[C@]35C(=O)O[C@H]3[C@H](O)CO[C@]35O)[C@]3(O)Oc5c(O)c(O)cc(c5[C@H]43)C(=O)O[C@H]1[C@H]1OC(=O)c3cc(O)c(O)c(O)c3-c3c(cc(O)c(O)c3O)C(=O)OC[C@@H]2O1)c1cc(O)c(O)c(O)c1. The van der Waals surface area contributed by atoms with E-state index in [4.69, 9.17) is 47.4 Å². The Balaban J connectivity index is 1.13. The maximum Gasteiger partial charge on any atom is 0.346 e. The number of aliphatic hydroxyl groups is 4. The quantitative estimate of drug-likeness (QED) is 0.0545. The number of aromatic hydroxyl groups is 11. The van der Waals surface area contributed by atoms with Crippen LogP contribution in [-0.2, 0) is 57.0 Å². The number of esters is 6. The molecule has 8 heterocycles. The molecule has 4 aromatic carbocycles. The fourth-order valence-corrected chi connectivity index (χ4v) is 11.7. The average Bonchev–Trinajstić information content (AvgIpc) is 1.67. The van der Waals surface area contributed by atoms with Crippen LogP contribution in [0.25, 0.3) is 11.1 Å². The lowest BCUT2D eigenvalue weighted by molar-refractivity contribution is -0.459. The molecule has 9 aliphatic rings. The van der Waals surface area contributed by atoms with E-state index in [0.717, 1.165) is 0 Å². The van der Waals surface area contributed by atoms with E-state index >= 15 is 9.59 Å². The minimum absolute atomic E-state index is 0.346. The molecule has 2 spiro atoms. The maximum absolute atomic E-state index is 16.2. The summed E-state index contributed by atoms with van der Waals surface area (Å²) in [6, 6.07) is 2.07. The van der Waals surface area contributed by atoms with Crippen LogP contribution < -0.4 is 4.74 Å². The van der Waals surface area contributed by atoms with E-state index in [1.54, 1.807) is 0 Å². The third-order valence-corrected chi connectivity index (χ3v) is 15.2. The number of ketones is 1. The van der Waals surface area contributed by atoms with Crippen LogP contribution in [0.15, 0.2) is 30.3 Å². The van der Waals surface area contributed by atoms with Crippen molar-refractivity contribution in [3.63, 3.8) is 0 Å². The predicted molar refractivity (Wildman–Crippen MR) is 232 cm³/mol. The number of Topliss-reactive ketones (excluding diaryl/α,β-unsaturated/α-hetero) is 1. The number of aliphatic hydroxyl groups excluding tert-OH is 1. The third kappa shape index (κ3) is 6.05. The number of hydrogen-bond donors (Lipinski definition) is 15. The molecule has 1 aliphatic carbocycles. The Morgan fingerprint density at radius 2 is 1.16 bits per heavy atom. The largest absolute Gasteiger partial charge is 0.504 e. The van der Waals surface area contributed by atoms with Gasteiger partial charge in [-0.2, -0.15) is 0 Å². The van der Waals surface area contributed by atoms with Gasteiger partial charge in [0.1, 0.15) is 24.2 Å². The third-order valence-electron chi connectivity index (χ3n) is 15.2. The van der Waals surface area contributed by atoms with Crippen molar-refractivity contribution in [1.82, 2.24) is 0 Å². The van der Waals surface area contributed by atoms with E-state index in [-0.39, 0.29) is 0 Å². The second-order valence-corrected chi connectivity index (χ2v) is 19.2. The maximum atomic E-state index is 16.2. The summed E-state index contributed by atoms with van der Waals surface area (Å²) in [5.74, 6) is -43.9. The van der Waals surface area contributed by atoms with Gasteiger partial charge in [-0.25, -0.2) is 24.0 Å². The predicted octanol–water partition coefficient (Wildman–Crippen LogP) is -2.87. The van der Waals surface area contributed by atoms with Crippen LogP contribution in [0.4, 0.5) is 0 Å². The molecule has 32 nitrogen and oxygen atoms in total. The normalized spacial score (nSPS) is 34.6. The van der Waals surface area contributed by atoms with Gasteiger partial charge in [0.05, 0.1) is 34.8 Å². The average molecular weight is 1110 g/mol. The highest BCUT2D eigenvalue weighted by atomic mass is 16.8. The lowest BCUT2D eigenvalue weighted by Gasteiger charge is -2.64. The number of phenolic OH excluding ortho intramolecular Hbond substituents is 11. The molecule has 0 amide bonds. The zero-order valence-corrected chi connectivity index (χ0v) is 38.8. The van der Waals surface area contributed by atoms with Crippen LogP contribution in [0.2, 0.25) is 0 Å². The number of hydrogen-bond acceptors (Lipinski definition) is 32. The van der Waals surface area contributed by atoms with Gasteiger partial charge in [-0.05, 0) is 30.3 Å². The Kier molecular flexibility index (Phi) is 10.2. The van der Waals surface area contributed by atoms with Gasteiger partial charge in [-0.3, -0.25) is 9.59 Å². The Hall–Kier alpha value is -9.31. The van der Waals surface area contributed by atoms with E-state index < -0.39 is 246 Å². The minimum atomic E-state index is -4.05. The highest BCUT2D eigenvalue weighted by Crippen LogP contribution is 2.76. The molecule has 6 fully saturated rings. The number of fused-ring (bicyclic) bond motifs is 11. The van der Waals surface area contributed by atoms with Crippen molar-refractivity contribution in [2.24, 2.45) is 5.41 Å². The van der Waals surface area contributed by atoms with Crippen LogP contribution >= 0.6 is 0 Å². The molecule has 0 aromatic heterocycles. The first-order valence-electron chi connectivity index (χ1n) is 22.8. The van der Waals surface area contributed by atoms with E-state index in [1.165, 1.54) is 0 Å². The van der Waals surface area contributed by atoms with E-state index in [9.17, 15) is 101 Å². The van der Waals surface area contributed by atoms with E-state index in [0.29, 0.717) is 30.3 Å². The fourth-order valence-electron chi connectivity index (χ4n) is 11.7. The summed E-state index contributed by atoms with van der Waals surface area (Å²) in [5, 5.41) is 167. The standard InChI is InChI=1S/C47H34O32/c48-13-1-9(2-14(49)24(13)55)36(61)73-32-30-19-8-70-37(62)10-3-15(50)25(56)28(59)21(10)22-11(4-16(51)26(57)29(22)60)39(64)77-40(72-19)33(32)74-38(63)12-5-17(52)27(58)31-23(12)34-43(41(65)75-30)6-20(54)45(67,46(34,68)78-31)79-44(43)42(66)76-35-18(53)7-71-47(35,44)69/h1-5,18-19,30,32-35,40,48-53,55-60,67-69H,6-8H2/t18-,19+,30?,32-,33-,34-,35+,40-,43-,44-,45-,46-,47-/m1/s1. The van der Waals surface area contributed by atoms with Crippen LogP contribution in [0.3, 0.4) is 0 Å². The van der Waals surface area contributed by atoms with Crippen LogP contribution in [-0.4, -0.2) is 197 Å². The molecule has 6 bridgehead atoms. The first-order chi connectivity index (χ1) is 37.1.